The molecule has 3 aromatic rings. The molecule has 0 fully saturated rings. The Hall–Kier alpha value is -2.43. The van der Waals surface area contributed by atoms with E-state index in [0.717, 1.165) is 22.3 Å². The zero-order chi connectivity index (χ0) is 13.2. The summed E-state index contributed by atoms with van der Waals surface area (Å²) in [6, 6.07) is 10.1. The van der Waals surface area contributed by atoms with Gasteiger partial charge in [-0.05, 0) is 19.1 Å². The van der Waals surface area contributed by atoms with Crippen LogP contribution in [-0.4, -0.2) is 15.1 Å². The number of anilines is 1. The predicted octanol–water partition coefficient (Wildman–Crippen LogP) is 2.85. The molecule has 0 aliphatic rings. The smallest absolute Gasteiger partial charge is 0.223 e. The Morgan fingerprint density at radius 2 is 2.00 bits per heavy atom. The molecular weight excluding hydrogens is 240 g/mol. The zero-order valence-corrected chi connectivity index (χ0v) is 10.8. The minimum Gasteiger partial charge on any atom is -0.377 e. The van der Waals surface area contributed by atoms with Gasteiger partial charge in [0.25, 0.3) is 0 Å². The van der Waals surface area contributed by atoms with E-state index in [2.05, 4.69) is 20.4 Å². The number of hydrogen-bond donors (Lipinski definition) is 1. The van der Waals surface area contributed by atoms with Crippen LogP contribution in [0.2, 0.25) is 0 Å². The molecule has 5 heteroatoms. The average molecular weight is 254 g/mol. The van der Waals surface area contributed by atoms with Crippen LogP contribution in [0.25, 0.3) is 10.9 Å². The van der Waals surface area contributed by atoms with Gasteiger partial charge in [0.05, 0.1) is 12.1 Å². The fraction of sp³-hybridized carbons (Fsp3) is 0.214. The molecule has 0 spiro atoms. The zero-order valence-electron chi connectivity index (χ0n) is 10.8. The Morgan fingerprint density at radius 1 is 1.16 bits per heavy atom. The number of aromatic nitrogens is 3. The molecule has 2 heterocycles. The van der Waals surface area contributed by atoms with Crippen molar-refractivity contribution in [3.63, 3.8) is 0 Å². The van der Waals surface area contributed by atoms with Crippen LogP contribution >= 0.6 is 0 Å². The summed E-state index contributed by atoms with van der Waals surface area (Å²) < 4.78 is 4.95. The first kappa shape index (κ1) is 11.6. The van der Waals surface area contributed by atoms with Crippen LogP contribution < -0.4 is 5.32 Å². The molecule has 0 radical (unpaired) electrons. The van der Waals surface area contributed by atoms with E-state index in [-0.39, 0.29) is 0 Å². The number of hydrogen-bond acceptors (Lipinski definition) is 5. The third-order valence-corrected chi connectivity index (χ3v) is 2.85. The lowest BCUT2D eigenvalue weighted by molar-refractivity contribution is 0.388. The van der Waals surface area contributed by atoms with Crippen LogP contribution in [-0.2, 0) is 6.54 Å². The van der Waals surface area contributed by atoms with Gasteiger partial charge < -0.3 is 9.84 Å². The summed E-state index contributed by atoms with van der Waals surface area (Å²) in [4.78, 5) is 8.68. The van der Waals surface area contributed by atoms with Crippen molar-refractivity contribution in [2.75, 3.05) is 5.32 Å². The van der Waals surface area contributed by atoms with E-state index in [1.807, 2.05) is 37.3 Å². The molecule has 0 unspecified atom stereocenters. The number of nitrogens with one attached hydrogen (secondary N) is 1. The van der Waals surface area contributed by atoms with Gasteiger partial charge in [-0.2, -0.15) is 4.98 Å². The number of benzene rings is 1. The molecule has 0 amide bonds. The monoisotopic (exact) mass is 254 g/mol. The van der Waals surface area contributed by atoms with Crippen molar-refractivity contribution < 1.29 is 4.52 Å². The van der Waals surface area contributed by atoms with E-state index in [1.54, 1.807) is 6.92 Å². The maximum atomic E-state index is 4.95. The minimum absolute atomic E-state index is 0.533. The van der Waals surface area contributed by atoms with Crippen molar-refractivity contribution in [2.24, 2.45) is 0 Å². The average Bonchev–Trinajstić information content (AvgIpc) is 2.81. The summed E-state index contributed by atoms with van der Waals surface area (Å²) in [6.45, 7) is 4.30. The highest BCUT2D eigenvalue weighted by Crippen LogP contribution is 2.23. The molecule has 19 heavy (non-hydrogen) atoms. The fourth-order valence-corrected chi connectivity index (χ4v) is 2.04. The molecule has 1 N–H and O–H groups in total. The Morgan fingerprint density at radius 3 is 2.79 bits per heavy atom. The maximum absolute atomic E-state index is 4.95. The van der Waals surface area contributed by atoms with Crippen LogP contribution in [0.3, 0.4) is 0 Å². The van der Waals surface area contributed by atoms with Gasteiger partial charge >= 0.3 is 0 Å². The van der Waals surface area contributed by atoms with Gasteiger partial charge in [-0.25, -0.2) is 0 Å². The highest BCUT2D eigenvalue weighted by molar-refractivity contribution is 5.91. The molecule has 0 bridgehead atoms. The molecule has 3 rings (SSSR count). The molecule has 5 nitrogen and oxygen atoms in total. The molecule has 1 aromatic carbocycles. The SMILES string of the molecule is Cc1cc(NCc2noc(C)n2)c2ccccc2n1. The van der Waals surface area contributed by atoms with Crippen LogP contribution in [0.1, 0.15) is 17.4 Å². The largest absolute Gasteiger partial charge is 0.377 e. The number of aryl methyl sites for hydroxylation is 2. The minimum atomic E-state index is 0.533. The van der Waals surface area contributed by atoms with E-state index in [9.17, 15) is 0 Å². The highest BCUT2D eigenvalue weighted by atomic mass is 16.5. The lowest BCUT2D eigenvalue weighted by atomic mass is 10.1. The number of nitrogens with zero attached hydrogens (tertiary/aromatic N) is 3. The Kier molecular flexibility index (Phi) is 2.87. The fourth-order valence-electron chi connectivity index (χ4n) is 2.04. The quantitative estimate of drug-likeness (QED) is 0.778. The number of pyridine rings is 1. The van der Waals surface area contributed by atoms with Crippen molar-refractivity contribution in [3.05, 3.63) is 47.7 Å². The molecule has 2 aromatic heterocycles. The van der Waals surface area contributed by atoms with Crippen molar-refractivity contribution in [1.82, 2.24) is 15.1 Å². The summed E-state index contributed by atoms with van der Waals surface area (Å²) >= 11 is 0. The lowest BCUT2D eigenvalue weighted by Gasteiger charge is -2.08. The summed E-state index contributed by atoms with van der Waals surface area (Å²) in [5.41, 5.74) is 2.99. The second-order valence-electron chi connectivity index (χ2n) is 4.41. The van der Waals surface area contributed by atoms with Gasteiger partial charge in [0.15, 0.2) is 5.82 Å². The summed E-state index contributed by atoms with van der Waals surface area (Å²) in [7, 11) is 0. The lowest BCUT2D eigenvalue weighted by Crippen LogP contribution is -2.02. The molecule has 0 aliphatic heterocycles. The van der Waals surface area contributed by atoms with E-state index in [1.165, 1.54) is 0 Å². The van der Waals surface area contributed by atoms with Crippen molar-refractivity contribution in [1.29, 1.82) is 0 Å². The topological polar surface area (TPSA) is 63.8 Å². The summed E-state index contributed by atoms with van der Waals surface area (Å²) in [5, 5.41) is 8.29. The first-order valence-corrected chi connectivity index (χ1v) is 6.12. The Bertz CT molecular complexity index is 720. The van der Waals surface area contributed by atoms with Gasteiger partial charge in [0, 0.05) is 23.7 Å². The van der Waals surface area contributed by atoms with E-state index in [4.69, 9.17) is 4.52 Å². The first-order chi connectivity index (χ1) is 9.22. The highest BCUT2D eigenvalue weighted by Gasteiger charge is 2.05. The van der Waals surface area contributed by atoms with E-state index < -0.39 is 0 Å². The predicted molar refractivity (Wildman–Crippen MR) is 72.8 cm³/mol. The van der Waals surface area contributed by atoms with Gasteiger partial charge in [-0.3, -0.25) is 4.98 Å². The van der Waals surface area contributed by atoms with Crippen molar-refractivity contribution in [3.8, 4) is 0 Å². The van der Waals surface area contributed by atoms with Crippen molar-refractivity contribution >= 4 is 16.6 Å². The van der Waals surface area contributed by atoms with Gasteiger partial charge in [0.2, 0.25) is 5.89 Å². The molecule has 0 aliphatic carbocycles. The molecule has 0 saturated carbocycles. The van der Waals surface area contributed by atoms with Crippen molar-refractivity contribution in [2.45, 2.75) is 20.4 Å². The standard InChI is InChI=1S/C14H14N4O/c1-9-7-13(11-5-3-4-6-12(11)16-9)15-8-14-17-10(2)19-18-14/h3-7H,8H2,1-2H3,(H,15,16). The van der Waals surface area contributed by atoms with E-state index in [0.29, 0.717) is 18.3 Å². The van der Waals surface area contributed by atoms with Gasteiger partial charge in [-0.1, -0.05) is 23.4 Å². The van der Waals surface area contributed by atoms with Crippen LogP contribution in [0.15, 0.2) is 34.9 Å². The normalized spacial score (nSPS) is 10.8. The third kappa shape index (κ3) is 2.40. The number of para-hydroxylation sites is 1. The first-order valence-electron chi connectivity index (χ1n) is 6.12. The molecular formula is C14H14N4O. The number of rotatable bonds is 3. The van der Waals surface area contributed by atoms with Crippen LogP contribution in [0.5, 0.6) is 0 Å². The summed E-state index contributed by atoms with van der Waals surface area (Å²) in [6.07, 6.45) is 0. The second kappa shape index (κ2) is 4.68. The molecule has 0 saturated heterocycles. The van der Waals surface area contributed by atoms with E-state index >= 15 is 0 Å². The Labute approximate surface area is 110 Å². The molecule has 0 atom stereocenters. The van der Waals surface area contributed by atoms with Gasteiger partial charge in [0.1, 0.15) is 0 Å². The van der Waals surface area contributed by atoms with Gasteiger partial charge in [-0.15, -0.1) is 0 Å². The summed E-state index contributed by atoms with van der Waals surface area (Å²) in [5.74, 6) is 1.23. The maximum Gasteiger partial charge on any atom is 0.223 e. The second-order valence-corrected chi connectivity index (χ2v) is 4.41. The van der Waals surface area contributed by atoms with Crippen LogP contribution in [0.4, 0.5) is 5.69 Å². The third-order valence-electron chi connectivity index (χ3n) is 2.85. The number of fused-ring (bicyclic) bond motifs is 1. The van der Waals surface area contributed by atoms with Crippen LogP contribution in [0, 0.1) is 13.8 Å². The Balaban J connectivity index is 1.91. The molecule has 96 valence electrons.